The number of ether oxygens (including phenoxy) is 2. The van der Waals surface area contributed by atoms with Crippen LogP contribution in [-0.4, -0.2) is 70.0 Å². The Bertz CT molecular complexity index is 1880. The van der Waals surface area contributed by atoms with Gasteiger partial charge in [-0.2, -0.15) is 0 Å². The number of aliphatic hydroxyl groups is 1. The standard InChI is InChI=1S/C35H36N2O6S2Si/c1-24(23-41-46(30-9-5-3-6-10-30)31-11-7-4-8-12-31)42-33-21-27(43-26-13-15-29(16-14-26)45(2,39)40)19-25-20-32(37-34(25)33)35-36-22-28(44-35)17-18-38/h3-16,19-21,24,28,37-38,46H,17-18,22-23H2,1-2H3. The van der Waals surface area contributed by atoms with Crippen molar-refractivity contribution >= 4 is 57.0 Å². The molecule has 0 saturated heterocycles. The molecule has 2 heterocycles. The van der Waals surface area contributed by atoms with Crippen molar-refractivity contribution in [3.05, 3.63) is 109 Å². The molecule has 0 aliphatic carbocycles. The molecule has 4 aromatic carbocycles. The van der Waals surface area contributed by atoms with Crippen molar-refractivity contribution in [2.75, 3.05) is 26.0 Å². The summed E-state index contributed by atoms with van der Waals surface area (Å²) in [5, 5.41) is 13.8. The summed E-state index contributed by atoms with van der Waals surface area (Å²) < 4.78 is 43.2. The molecule has 1 aromatic heterocycles. The molecular formula is C35H36N2O6S2Si. The minimum Gasteiger partial charge on any atom is -0.486 e. The number of benzene rings is 4. The molecule has 0 saturated carbocycles. The van der Waals surface area contributed by atoms with E-state index in [1.165, 1.54) is 28.8 Å². The van der Waals surface area contributed by atoms with Gasteiger partial charge in [0.15, 0.2) is 9.84 Å². The second-order valence-electron chi connectivity index (χ2n) is 11.3. The van der Waals surface area contributed by atoms with Crippen LogP contribution in [0, 0.1) is 0 Å². The van der Waals surface area contributed by atoms with E-state index in [1.54, 1.807) is 23.9 Å². The van der Waals surface area contributed by atoms with Gasteiger partial charge in [-0.3, -0.25) is 4.99 Å². The zero-order chi connectivity index (χ0) is 32.1. The molecule has 1 aliphatic heterocycles. The van der Waals surface area contributed by atoms with Crippen LogP contribution in [0.2, 0.25) is 0 Å². The molecule has 0 spiro atoms. The monoisotopic (exact) mass is 672 g/mol. The first-order valence-electron chi connectivity index (χ1n) is 15.1. The third-order valence-electron chi connectivity index (χ3n) is 7.58. The smallest absolute Gasteiger partial charge is 0.240 e. The van der Waals surface area contributed by atoms with Crippen LogP contribution in [-0.2, 0) is 14.3 Å². The van der Waals surface area contributed by atoms with Gasteiger partial charge >= 0.3 is 0 Å². The maximum Gasteiger partial charge on any atom is 0.240 e. The van der Waals surface area contributed by atoms with Crippen molar-refractivity contribution in [1.82, 2.24) is 4.98 Å². The molecule has 0 bridgehead atoms. The molecule has 2 unspecified atom stereocenters. The SMILES string of the molecule is CC(CO[SiH](c1ccccc1)c1ccccc1)Oc1cc(Oc2ccc(S(C)(=O)=O)cc2)cc2cc(C3=NCC(CCO)S3)[nH]c12. The number of thioether (sulfide) groups is 1. The summed E-state index contributed by atoms with van der Waals surface area (Å²) in [5.74, 6) is 1.66. The zero-order valence-electron chi connectivity index (χ0n) is 25.6. The first-order chi connectivity index (χ1) is 22.3. The summed E-state index contributed by atoms with van der Waals surface area (Å²) in [7, 11) is -5.27. The lowest BCUT2D eigenvalue weighted by molar-refractivity contribution is 0.147. The molecule has 1 aliphatic rings. The number of aromatic amines is 1. The summed E-state index contributed by atoms with van der Waals surface area (Å²) >= 11 is 1.66. The Balaban J connectivity index is 1.26. The molecule has 0 amide bonds. The van der Waals surface area contributed by atoms with Crippen molar-refractivity contribution in [2.24, 2.45) is 4.99 Å². The molecule has 8 nitrogen and oxygen atoms in total. The second-order valence-corrected chi connectivity index (χ2v) is 17.0. The van der Waals surface area contributed by atoms with Gasteiger partial charge in [0.05, 0.1) is 29.3 Å². The van der Waals surface area contributed by atoms with Gasteiger partial charge in [0.2, 0.25) is 9.04 Å². The Labute approximate surface area is 275 Å². The van der Waals surface area contributed by atoms with Crippen molar-refractivity contribution in [2.45, 2.75) is 29.6 Å². The highest BCUT2D eigenvalue weighted by molar-refractivity contribution is 8.15. The molecular weight excluding hydrogens is 637 g/mol. The lowest BCUT2D eigenvalue weighted by Crippen LogP contribution is -2.46. The quantitative estimate of drug-likeness (QED) is 0.171. The van der Waals surface area contributed by atoms with Crippen LogP contribution in [0.1, 0.15) is 19.0 Å². The number of fused-ring (bicyclic) bond motifs is 1. The molecule has 6 rings (SSSR count). The lowest BCUT2D eigenvalue weighted by Gasteiger charge is -2.21. The molecule has 2 atom stereocenters. The fourth-order valence-corrected chi connectivity index (χ4v) is 9.41. The van der Waals surface area contributed by atoms with E-state index in [0.717, 1.165) is 21.6 Å². The van der Waals surface area contributed by atoms with E-state index in [0.29, 0.717) is 36.8 Å². The lowest BCUT2D eigenvalue weighted by atomic mass is 10.2. The van der Waals surface area contributed by atoms with Crippen LogP contribution < -0.4 is 19.8 Å². The number of rotatable bonds is 13. The Morgan fingerprint density at radius 1 is 0.957 bits per heavy atom. The number of nitrogens with one attached hydrogen (secondary N) is 1. The molecule has 11 heteroatoms. The van der Waals surface area contributed by atoms with E-state index < -0.39 is 18.9 Å². The summed E-state index contributed by atoms with van der Waals surface area (Å²) in [5.41, 5.74) is 1.69. The van der Waals surface area contributed by atoms with E-state index >= 15 is 0 Å². The minimum atomic E-state index is -3.32. The molecule has 2 N–H and O–H groups in total. The van der Waals surface area contributed by atoms with Crippen LogP contribution in [0.3, 0.4) is 0 Å². The van der Waals surface area contributed by atoms with Crippen LogP contribution in [0.25, 0.3) is 10.9 Å². The maximum absolute atomic E-state index is 11.9. The van der Waals surface area contributed by atoms with Crippen LogP contribution >= 0.6 is 11.8 Å². The summed E-state index contributed by atoms with van der Waals surface area (Å²) in [6, 6.07) is 32.8. The van der Waals surface area contributed by atoms with Gasteiger partial charge in [0.25, 0.3) is 0 Å². The number of aliphatic imine (C=N–C) groups is 1. The highest BCUT2D eigenvalue weighted by atomic mass is 32.2. The molecule has 46 heavy (non-hydrogen) atoms. The number of sulfone groups is 1. The van der Waals surface area contributed by atoms with Gasteiger partial charge in [-0.15, -0.1) is 0 Å². The van der Waals surface area contributed by atoms with E-state index in [9.17, 15) is 13.5 Å². The number of nitrogens with zero attached hydrogens (tertiary/aromatic N) is 1. The van der Waals surface area contributed by atoms with E-state index in [4.69, 9.17) is 18.9 Å². The normalized spacial score (nSPS) is 15.7. The molecule has 238 valence electrons. The highest BCUT2D eigenvalue weighted by Crippen LogP contribution is 2.37. The van der Waals surface area contributed by atoms with Crippen LogP contribution in [0.5, 0.6) is 17.2 Å². The summed E-state index contributed by atoms with van der Waals surface area (Å²) in [4.78, 5) is 8.46. The van der Waals surface area contributed by atoms with Gasteiger partial charge in [-0.25, -0.2) is 8.42 Å². The Hall–Kier alpha value is -3.87. The van der Waals surface area contributed by atoms with Gasteiger partial charge < -0.3 is 24.0 Å². The highest BCUT2D eigenvalue weighted by Gasteiger charge is 2.24. The Kier molecular flexibility index (Phi) is 9.95. The van der Waals surface area contributed by atoms with E-state index in [-0.39, 0.29) is 22.9 Å². The summed E-state index contributed by atoms with van der Waals surface area (Å²) in [6.07, 6.45) is 1.59. The number of hydrogen-bond acceptors (Lipinski definition) is 8. The predicted octanol–water partition coefficient (Wildman–Crippen LogP) is 4.93. The van der Waals surface area contributed by atoms with E-state index in [2.05, 4.69) is 29.2 Å². The van der Waals surface area contributed by atoms with Gasteiger partial charge in [0.1, 0.15) is 28.4 Å². The second kappa shape index (κ2) is 14.3. The predicted molar refractivity (Wildman–Crippen MR) is 188 cm³/mol. The van der Waals surface area contributed by atoms with Crippen LogP contribution in [0.15, 0.2) is 113 Å². The molecule has 0 fully saturated rings. The largest absolute Gasteiger partial charge is 0.486 e. The molecule has 5 aromatic rings. The number of H-pyrrole nitrogens is 1. The maximum atomic E-state index is 11.9. The fraction of sp³-hybridized carbons (Fsp3) is 0.229. The van der Waals surface area contributed by atoms with Gasteiger partial charge in [-0.1, -0.05) is 72.4 Å². The first-order valence-corrected chi connectivity index (χ1v) is 19.5. The van der Waals surface area contributed by atoms with Crippen molar-refractivity contribution in [3.63, 3.8) is 0 Å². The zero-order valence-corrected chi connectivity index (χ0v) is 28.4. The molecule has 0 radical (unpaired) electrons. The van der Waals surface area contributed by atoms with Crippen molar-refractivity contribution in [1.29, 1.82) is 0 Å². The number of hydrogen-bond donors (Lipinski definition) is 2. The van der Waals surface area contributed by atoms with Gasteiger partial charge in [0, 0.05) is 29.6 Å². The average molecular weight is 673 g/mol. The fourth-order valence-electron chi connectivity index (χ4n) is 5.33. The van der Waals surface area contributed by atoms with E-state index in [1.807, 2.05) is 61.5 Å². The number of aliphatic hydroxyl groups excluding tert-OH is 1. The first kappa shape index (κ1) is 32.1. The van der Waals surface area contributed by atoms with Crippen LogP contribution in [0.4, 0.5) is 0 Å². The topological polar surface area (TPSA) is 110 Å². The third kappa shape index (κ3) is 7.73. The van der Waals surface area contributed by atoms with Gasteiger partial charge in [-0.05, 0) is 60.1 Å². The average Bonchev–Trinajstić information content (AvgIpc) is 3.70. The summed E-state index contributed by atoms with van der Waals surface area (Å²) in [6.45, 7) is 3.18. The van der Waals surface area contributed by atoms with Crippen molar-refractivity contribution in [3.8, 4) is 17.2 Å². The third-order valence-corrected chi connectivity index (χ3v) is 12.5. The Morgan fingerprint density at radius 2 is 1.63 bits per heavy atom. The van der Waals surface area contributed by atoms with Crippen molar-refractivity contribution < 1.29 is 27.4 Å². The minimum absolute atomic E-state index is 0.134. The number of aromatic nitrogens is 1. The Morgan fingerprint density at radius 3 is 2.26 bits per heavy atom.